The lowest BCUT2D eigenvalue weighted by molar-refractivity contribution is 1.07. The quantitative estimate of drug-likeness (QED) is 0.322. The van der Waals surface area contributed by atoms with E-state index in [1.165, 1.54) is 27.5 Å². The fraction of sp³-hybridized carbons (Fsp3) is 0. The van der Waals surface area contributed by atoms with Crippen molar-refractivity contribution in [1.29, 1.82) is 0 Å². The van der Waals surface area contributed by atoms with Gasteiger partial charge in [0.2, 0.25) is 0 Å². The molecular weight excluding hydrogens is 352 g/mol. The molecule has 0 amide bonds. The van der Waals surface area contributed by atoms with E-state index in [9.17, 15) is 0 Å². The highest BCUT2D eigenvalue weighted by Crippen LogP contribution is 2.38. The van der Waals surface area contributed by atoms with Crippen LogP contribution in [0.15, 0.2) is 109 Å². The molecule has 0 atom stereocenters. The Morgan fingerprint density at radius 3 is 2.14 bits per heavy atom. The molecule has 2 aliphatic rings. The average Bonchev–Trinajstić information content (AvgIpc) is 3.16. The summed E-state index contributed by atoms with van der Waals surface area (Å²) < 4.78 is 2.27. The van der Waals surface area contributed by atoms with Gasteiger partial charge in [-0.15, -0.1) is 0 Å². The summed E-state index contributed by atoms with van der Waals surface area (Å²) in [7, 11) is 0. The molecule has 2 nitrogen and oxygen atoms in total. The summed E-state index contributed by atoms with van der Waals surface area (Å²) in [5, 5.41) is 2.40. The van der Waals surface area contributed by atoms with E-state index in [-0.39, 0.29) is 0 Å². The number of aromatic nitrogens is 2. The molecule has 0 saturated heterocycles. The van der Waals surface area contributed by atoms with Crippen molar-refractivity contribution < 1.29 is 0 Å². The van der Waals surface area contributed by atoms with Gasteiger partial charge in [-0.25, -0.2) is 4.98 Å². The van der Waals surface area contributed by atoms with Crippen molar-refractivity contribution in [3.63, 3.8) is 0 Å². The summed E-state index contributed by atoms with van der Waals surface area (Å²) in [5.41, 5.74) is 6.90. The molecule has 0 saturated carbocycles. The maximum atomic E-state index is 5.09. The number of hydrogen-bond donors (Lipinski definition) is 0. The van der Waals surface area contributed by atoms with Crippen LogP contribution in [0, 0.1) is 0 Å². The molecule has 0 fully saturated rings. The third-order valence-electron chi connectivity index (χ3n) is 5.57. The first-order chi connectivity index (χ1) is 14.4. The molecule has 0 radical (unpaired) electrons. The van der Waals surface area contributed by atoms with E-state index in [0.29, 0.717) is 0 Å². The van der Waals surface area contributed by atoms with Gasteiger partial charge >= 0.3 is 0 Å². The number of rotatable bonds is 2. The molecule has 6 rings (SSSR count). The third kappa shape index (κ3) is 2.54. The first-order valence-corrected chi connectivity index (χ1v) is 9.83. The van der Waals surface area contributed by atoms with Crippen molar-refractivity contribution in [2.24, 2.45) is 0 Å². The highest BCUT2D eigenvalue weighted by atomic mass is 15.1. The molecule has 2 heterocycles. The molecule has 0 N–H and O–H groups in total. The van der Waals surface area contributed by atoms with Gasteiger partial charge < -0.3 is 0 Å². The second kappa shape index (κ2) is 6.32. The second-order valence-corrected chi connectivity index (χ2v) is 7.32. The Morgan fingerprint density at radius 1 is 0.586 bits per heavy atom. The molecule has 0 aliphatic carbocycles. The van der Waals surface area contributed by atoms with Crippen LogP contribution >= 0.6 is 0 Å². The zero-order valence-electron chi connectivity index (χ0n) is 15.8. The Morgan fingerprint density at radius 2 is 1.31 bits per heavy atom. The molecule has 4 aromatic rings. The lowest BCUT2D eigenvalue weighted by Crippen LogP contribution is -2.02. The Labute approximate surface area is 169 Å². The van der Waals surface area contributed by atoms with Gasteiger partial charge in [0.15, 0.2) is 0 Å². The number of pyridine rings is 1. The molecule has 0 aromatic heterocycles. The molecule has 136 valence electrons. The van der Waals surface area contributed by atoms with Crippen LogP contribution in [0.25, 0.3) is 50.0 Å². The van der Waals surface area contributed by atoms with Gasteiger partial charge in [-0.1, -0.05) is 78.9 Å². The van der Waals surface area contributed by atoms with E-state index >= 15 is 0 Å². The van der Waals surface area contributed by atoms with Gasteiger partial charge in [-0.05, 0) is 46.8 Å². The van der Waals surface area contributed by atoms with Gasteiger partial charge in [0.1, 0.15) is 5.82 Å². The monoisotopic (exact) mass is 370 g/mol. The van der Waals surface area contributed by atoms with E-state index in [0.717, 1.165) is 22.5 Å². The summed E-state index contributed by atoms with van der Waals surface area (Å²) in [6, 6.07) is 38.3. The topological polar surface area (TPSA) is 17.8 Å². The highest BCUT2D eigenvalue weighted by molar-refractivity contribution is 6.02. The molecule has 29 heavy (non-hydrogen) atoms. The van der Waals surface area contributed by atoms with Crippen LogP contribution in [-0.2, 0) is 0 Å². The Bertz CT molecular complexity index is 1430. The van der Waals surface area contributed by atoms with E-state index in [4.69, 9.17) is 4.98 Å². The average molecular weight is 370 g/mol. The van der Waals surface area contributed by atoms with Crippen LogP contribution in [0.5, 0.6) is 0 Å². The number of para-hydroxylation sites is 2. The Balaban J connectivity index is 1.70. The highest BCUT2D eigenvalue weighted by Gasteiger charge is 2.19. The fourth-order valence-corrected chi connectivity index (χ4v) is 4.19. The number of nitrogens with zero attached hydrogens (tertiary/aromatic N) is 2. The molecule has 0 unspecified atom stereocenters. The largest absolute Gasteiger partial charge is 0.294 e. The van der Waals surface area contributed by atoms with Crippen molar-refractivity contribution >= 4 is 21.8 Å². The van der Waals surface area contributed by atoms with Gasteiger partial charge in [-0.3, -0.25) is 4.57 Å². The predicted molar refractivity (Wildman–Crippen MR) is 121 cm³/mol. The van der Waals surface area contributed by atoms with Crippen molar-refractivity contribution in [3.05, 3.63) is 109 Å². The summed E-state index contributed by atoms with van der Waals surface area (Å²) in [6.45, 7) is 0. The maximum Gasteiger partial charge on any atom is 0.146 e. The van der Waals surface area contributed by atoms with Gasteiger partial charge in [0.05, 0.1) is 11.0 Å². The minimum atomic E-state index is 0.995. The second-order valence-electron chi connectivity index (χ2n) is 7.32. The minimum absolute atomic E-state index is 0.995. The van der Waals surface area contributed by atoms with E-state index in [1.807, 2.05) is 12.1 Å². The van der Waals surface area contributed by atoms with Gasteiger partial charge in [0.25, 0.3) is 0 Å². The zero-order valence-corrected chi connectivity index (χ0v) is 15.8. The SMILES string of the molecule is c1ccc(-c2ccc3c4cc5ccccc5n(-c5ccccc5)c-4nc3c2)cc1. The molecule has 0 spiro atoms. The first-order valence-electron chi connectivity index (χ1n) is 9.83. The van der Waals surface area contributed by atoms with Crippen molar-refractivity contribution in [2.75, 3.05) is 0 Å². The lowest BCUT2D eigenvalue weighted by atomic mass is 10.0. The molecule has 2 aliphatic heterocycles. The van der Waals surface area contributed by atoms with E-state index < -0.39 is 0 Å². The fourth-order valence-electron chi connectivity index (χ4n) is 4.19. The van der Waals surface area contributed by atoms with Crippen molar-refractivity contribution in [1.82, 2.24) is 9.55 Å². The summed E-state index contributed by atoms with van der Waals surface area (Å²) >= 11 is 0. The van der Waals surface area contributed by atoms with E-state index in [1.54, 1.807) is 0 Å². The number of benzene rings is 4. The minimum Gasteiger partial charge on any atom is -0.294 e. The van der Waals surface area contributed by atoms with Crippen LogP contribution in [0.1, 0.15) is 0 Å². The smallest absolute Gasteiger partial charge is 0.146 e. The predicted octanol–water partition coefficient (Wildman–Crippen LogP) is 6.95. The van der Waals surface area contributed by atoms with Crippen molar-refractivity contribution in [3.8, 4) is 28.2 Å². The normalized spacial score (nSPS) is 11.4. The molecule has 4 aromatic carbocycles. The van der Waals surface area contributed by atoms with Crippen LogP contribution < -0.4 is 0 Å². The maximum absolute atomic E-state index is 5.09. The summed E-state index contributed by atoms with van der Waals surface area (Å²) in [6.07, 6.45) is 0. The van der Waals surface area contributed by atoms with Crippen molar-refractivity contribution in [2.45, 2.75) is 0 Å². The van der Waals surface area contributed by atoms with Gasteiger partial charge in [-0.2, -0.15) is 0 Å². The van der Waals surface area contributed by atoms with Crippen LogP contribution in [0.2, 0.25) is 0 Å². The third-order valence-corrected chi connectivity index (χ3v) is 5.57. The molecule has 0 bridgehead atoms. The van der Waals surface area contributed by atoms with Gasteiger partial charge in [0, 0.05) is 16.6 Å². The van der Waals surface area contributed by atoms with Crippen LogP contribution in [0.4, 0.5) is 0 Å². The molecular formula is C27H18N2. The van der Waals surface area contributed by atoms with Crippen LogP contribution in [-0.4, -0.2) is 9.55 Å². The first kappa shape index (κ1) is 16.1. The number of fused-ring (bicyclic) bond motifs is 4. The number of hydrogen-bond acceptors (Lipinski definition) is 1. The summed E-state index contributed by atoms with van der Waals surface area (Å²) in [5.74, 6) is 0.995. The van der Waals surface area contributed by atoms with Crippen LogP contribution in [0.3, 0.4) is 0 Å². The lowest BCUT2D eigenvalue weighted by Gasteiger charge is -2.16. The summed E-state index contributed by atoms with van der Waals surface area (Å²) in [4.78, 5) is 5.09. The Kier molecular flexibility index (Phi) is 3.50. The zero-order chi connectivity index (χ0) is 19.2. The Hall–Kier alpha value is -3.91. The van der Waals surface area contributed by atoms with E-state index in [2.05, 4.69) is 102 Å². The standard InChI is InChI=1S/C27H18N2/c1-3-9-19(10-4-1)20-15-16-23-24-17-21-11-7-8-14-26(21)29(22-12-5-2-6-13-22)27(24)28-25(23)18-20/h1-18H. The molecule has 2 heteroatoms.